The fourth-order valence-corrected chi connectivity index (χ4v) is 2.07. The number of hydrogen-bond acceptors (Lipinski definition) is 4. The van der Waals surface area contributed by atoms with Gasteiger partial charge in [0.25, 0.3) is 0 Å². The summed E-state index contributed by atoms with van der Waals surface area (Å²) < 4.78 is 39.8. The summed E-state index contributed by atoms with van der Waals surface area (Å²) in [6.07, 6.45) is -4.63. The standard InChI is InChI=1S/C11H14F3NO6/c12-11(13,14)5-21-4-8(16)15-2-1-6(9(17)18)7(3-15)10(19)20/h6-7H,1-5H2,(H,17,18)(H,19,20). The number of carbonyl (C=O) groups is 3. The Morgan fingerprint density at radius 1 is 1.14 bits per heavy atom. The van der Waals surface area contributed by atoms with Gasteiger partial charge in [-0.15, -0.1) is 0 Å². The molecule has 1 amide bonds. The van der Waals surface area contributed by atoms with Crippen LogP contribution in [0.3, 0.4) is 0 Å². The van der Waals surface area contributed by atoms with E-state index in [1.54, 1.807) is 0 Å². The second-order valence-electron chi connectivity index (χ2n) is 4.63. The molecule has 1 saturated heterocycles. The van der Waals surface area contributed by atoms with Gasteiger partial charge in [-0.25, -0.2) is 0 Å². The van der Waals surface area contributed by atoms with E-state index >= 15 is 0 Å². The molecule has 1 aliphatic rings. The molecule has 21 heavy (non-hydrogen) atoms. The number of nitrogens with zero attached hydrogens (tertiary/aromatic N) is 1. The molecule has 0 aromatic carbocycles. The highest BCUT2D eigenvalue weighted by atomic mass is 19.4. The number of carboxylic acid groups (broad SMARTS) is 2. The second kappa shape index (κ2) is 6.74. The van der Waals surface area contributed by atoms with E-state index < -0.39 is 49.1 Å². The summed E-state index contributed by atoms with van der Waals surface area (Å²) >= 11 is 0. The molecular weight excluding hydrogens is 299 g/mol. The Kier molecular flexibility index (Phi) is 5.53. The summed E-state index contributed by atoms with van der Waals surface area (Å²) in [6.45, 7) is -2.80. The first kappa shape index (κ1) is 17.2. The van der Waals surface area contributed by atoms with E-state index in [1.807, 2.05) is 0 Å². The van der Waals surface area contributed by atoms with E-state index in [-0.39, 0.29) is 19.5 Å². The van der Waals surface area contributed by atoms with Crippen molar-refractivity contribution < 1.29 is 42.5 Å². The van der Waals surface area contributed by atoms with Gasteiger partial charge in [0.2, 0.25) is 5.91 Å². The Hall–Kier alpha value is -1.84. The Balaban J connectivity index is 2.55. The van der Waals surface area contributed by atoms with Gasteiger partial charge in [-0.2, -0.15) is 13.2 Å². The molecule has 0 saturated carbocycles. The summed E-state index contributed by atoms with van der Waals surface area (Å²) in [5.74, 6) is -5.85. The molecule has 2 N–H and O–H groups in total. The van der Waals surface area contributed by atoms with Gasteiger partial charge < -0.3 is 19.8 Å². The van der Waals surface area contributed by atoms with Crippen LogP contribution in [0.15, 0.2) is 0 Å². The number of likely N-dealkylation sites (tertiary alicyclic amines) is 1. The Morgan fingerprint density at radius 2 is 1.71 bits per heavy atom. The molecule has 1 fully saturated rings. The van der Waals surface area contributed by atoms with Crippen LogP contribution in [-0.2, 0) is 19.1 Å². The van der Waals surface area contributed by atoms with Gasteiger partial charge in [-0.05, 0) is 6.42 Å². The summed E-state index contributed by atoms with van der Waals surface area (Å²) in [6, 6.07) is 0. The maximum Gasteiger partial charge on any atom is 0.411 e. The van der Waals surface area contributed by atoms with Crippen molar-refractivity contribution in [1.82, 2.24) is 4.90 Å². The fourth-order valence-electron chi connectivity index (χ4n) is 2.07. The first-order chi connectivity index (χ1) is 9.61. The Bertz CT molecular complexity index is 425. The number of aliphatic carboxylic acids is 2. The van der Waals surface area contributed by atoms with Gasteiger partial charge >= 0.3 is 18.1 Å². The molecule has 10 heteroatoms. The number of carbonyl (C=O) groups excluding carboxylic acids is 1. The predicted molar refractivity (Wildman–Crippen MR) is 60.3 cm³/mol. The lowest BCUT2D eigenvalue weighted by Gasteiger charge is -2.34. The molecule has 2 atom stereocenters. The lowest BCUT2D eigenvalue weighted by molar-refractivity contribution is -0.179. The Labute approximate surface area is 117 Å². The van der Waals surface area contributed by atoms with Crippen LogP contribution in [0.4, 0.5) is 13.2 Å². The smallest absolute Gasteiger partial charge is 0.411 e. The number of carboxylic acids is 2. The van der Waals surface area contributed by atoms with Crippen LogP contribution in [0, 0.1) is 11.8 Å². The van der Waals surface area contributed by atoms with Crippen LogP contribution in [0.1, 0.15) is 6.42 Å². The molecule has 0 radical (unpaired) electrons. The lowest BCUT2D eigenvalue weighted by atomic mass is 9.85. The van der Waals surface area contributed by atoms with E-state index in [0.717, 1.165) is 4.90 Å². The van der Waals surface area contributed by atoms with Crippen LogP contribution in [0.5, 0.6) is 0 Å². The molecule has 0 aromatic rings. The maximum absolute atomic E-state index is 11.9. The third-order valence-electron chi connectivity index (χ3n) is 3.09. The summed E-state index contributed by atoms with van der Waals surface area (Å²) in [7, 11) is 0. The van der Waals surface area contributed by atoms with Crippen molar-refractivity contribution in [2.75, 3.05) is 26.3 Å². The highest BCUT2D eigenvalue weighted by molar-refractivity contribution is 5.83. The van der Waals surface area contributed by atoms with Crippen molar-refractivity contribution >= 4 is 17.8 Å². The third kappa shape index (κ3) is 5.21. The largest absolute Gasteiger partial charge is 0.481 e. The average Bonchev–Trinajstić information content (AvgIpc) is 2.36. The van der Waals surface area contributed by atoms with E-state index in [4.69, 9.17) is 10.2 Å². The zero-order valence-electron chi connectivity index (χ0n) is 10.8. The monoisotopic (exact) mass is 313 g/mol. The predicted octanol–water partition coefficient (Wildman–Crippen LogP) is 0.199. The summed E-state index contributed by atoms with van der Waals surface area (Å²) in [4.78, 5) is 34.5. The zero-order valence-corrected chi connectivity index (χ0v) is 10.8. The number of ether oxygens (including phenoxy) is 1. The topological polar surface area (TPSA) is 104 Å². The first-order valence-electron chi connectivity index (χ1n) is 5.99. The quantitative estimate of drug-likeness (QED) is 0.751. The molecule has 1 rings (SSSR count). The lowest BCUT2D eigenvalue weighted by Crippen LogP contribution is -2.49. The number of hydrogen-bond donors (Lipinski definition) is 2. The second-order valence-corrected chi connectivity index (χ2v) is 4.63. The van der Waals surface area contributed by atoms with E-state index in [0.29, 0.717) is 0 Å². The third-order valence-corrected chi connectivity index (χ3v) is 3.09. The normalized spacial score (nSPS) is 22.9. The molecule has 1 aliphatic heterocycles. The molecule has 120 valence electrons. The van der Waals surface area contributed by atoms with E-state index in [9.17, 15) is 27.6 Å². The summed E-state index contributed by atoms with van der Waals surface area (Å²) in [5, 5.41) is 17.9. The van der Waals surface area contributed by atoms with E-state index in [2.05, 4.69) is 4.74 Å². The van der Waals surface area contributed by atoms with Gasteiger partial charge in [0, 0.05) is 13.1 Å². The molecule has 2 unspecified atom stereocenters. The molecule has 0 bridgehead atoms. The average molecular weight is 313 g/mol. The molecule has 7 nitrogen and oxygen atoms in total. The number of amides is 1. The first-order valence-corrected chi connectivity index (χ1v) is 5.99. The Morgan fingerprint density at radius 3 is 2.19 bits per heavy atom. The molecule has 1 heterocycles. The highest BCUT2D eigenvalue weighted by Crippen LogP contribution is 2.24. The molecular formula is C11H14F3NO6. The van der Waals surface area contributed by atoms with Crippen molar-refractivity contribution in [3.05, 3.63) is 0 Å². The number of rotatable bonds is 5. The van der Waals surface area contributed by atoms with Crippen molar-refractivity contribution in [3.63, 3.8) is 0 Å². The number of alkyl halides is 3. The van der Waals surface area contributed by atoms with Gasteiger partial charge in [0.15, 0.2) is 0 Å². The minimum absolute atomic E-state index is 0.0328. The fraction of sp³-hybridized carbons (Fsp3) is 0.727. The van der Waals surface area contributed by atoms with Crippen LogP contribution in [-0.4, -0.2) is 65.4 Å². The van der Waals surface area contributed by atoms with Gasteiger partial charge in [0.1, 0.15) is 13.2 Å². The maximum atomic E-state index is 11.9. The minimum atomic E-state index is -4.56. The number of halogens is 3. The van der Waals surface area contributed by atoms with Gasteiger partial charge in [-0.1, -0.05) is 0 Å². The van der Waals surface area contributed by atoms with Crippen LogP contribution < -0.4 is 0 Å². The molecule has 0 aliphatic carbocycles. The summed E-state index contributed by atoms with van der Waals surface area (Å²) in [5.41, 5.74) is 0. The minimum Gasteiger partial charge on any atom is -0.481 e. The van der Waals surface area contributed by atoms with Gasteiger partial charge in [0.05, 0.1) is 11.8 Å². The van der Waals surface area contributed by atoms with Crippen LogP contribution in [0.2, 0.25) is 0 Å². The molecule has 0 spiro atoms. The van der Waals surface area contributed by atoms with Crippen molar-refractivity contribution in [2.45, 2.75) is 12.6 Å². The van der Waals surface area contributed by atoms with Crippen LogP contribution in [0.25, 0.3) is 0 Å². The number of piperidine rings is 1. The van der Waals surface area contributed by atoms with Crippen LogP contribution >= 0.6 is 0 Å². The highest BCUT2D eigenvalue weighted by Gasteiger charge is 2.40. The van der Waals surface area contributed by atoms with E-state index in [1.165, 1.54) is 0 Å². The van der Waals surface area contributed by atoms with Gasteiger partial charge in [-0.3, -0.25) is 14.4 Å². The van der Waals surface area contributed by atoms with Crippen molar-refractivity contribution in [3.8, 4) is 0 Å². The van der Waals surface area contributed by atoms with Crippen molar-refractivity contribution in [2.24, 2.45) is 11.8 Å². The molecule has 0 aromatic heterocycles. The SMILES string of the molecule is O=C(O)C1CCN(C(=O)COCC(F)(F)F)CC1C(=O)O. The van der Waals surface area contributed by atoms with Crippen molar-refractivity contribution in [1.29, 1.82) is 0 Å². The zero-order chi connectivity index (χ0) is 16.2.